The maximum Gasteiger partial charge on any atom is 0.372 e. The number of nitro benzene ring substituents is 1. The van der Waals surface area contributed by atoms with Crippen molar-refractivity contribution in [1.82, 2.24) is 0 Å². The Morgan fingerprint density at radius 3 is 2.81 bits per heavy atom. The highest BCUT2D eigenvalue weighted by Gasteiger charge is 2.25. The average Bonchev–Trinajstić information content (AvgIpc) is 2.65. The number of para-hydroxylation sites is 1. The van der Waals surface area contributed by atoms with Crippen molar-refractivity contribution in [2.75, 3.05) is 7.11 Å². The maximum absolute atomic E-state index is 12.2. The fourth-order valence-corrected chi connectivity index (χ4v) is 2.64. The minimum atomic E-state index is -0.890. The molecule has 134 valence electrons. The molecule has 3 rings (SSSR count). The van der Waals surface area contributed by atoms with E-state index in [0.717, 1.165) is 0 Å². The van der Waals surface area contributed by atoms with Crippen LogP contribution in [0.25, 0.3) is 0 Å². The van der Waals surface area contributed by atoms with Crippen LogP contribution in [0.4, 0.5) is 5.69 Å². The van der Waals surface area contributed by atoms with Gasteiger partial charge in [0.15, 0.2) is 0 Å². The number of nitrogens with zero attached hydrogens (tertiary/aromatic N) is 2. The second kappa shape index (κ2) is 7.22. The number of methoxy groups -OCH3 is 1. The van der Waals surface area contributed by atoms with E-state index in [9.17, 15) is 14.9 Å². The third kappa shape index (κ3) is 3.49. The lowest BCUT2D eigenvalue weighted by atomic mass is 10.0. The molecule has 0 bridgehead atoms. The Balaban J connectivity index is 1.88. The molecule has 1 unspecified atom stereocenters. The Kier molecular flexibility index (Phi) is 4.83. The van der Waals surface area contributed by atoms with Gasteiger partial charge in [0, 0.05) is 24.1 Å². The molecule has 0 saturated carbocycles. The number of carbonyl (C=O) groups excluding carboxylic acids is 1. The number of hydrogen-bond acceptors (Lipinski definition) is 7. The van der Waals surface area contributed by atoms with Crippen LogP contribution >= 0.6 is 0 Å². The summed E-state index contributed by atoms with van der Waals surface area (Å²) in [6.07, 6.45) is 0.266. The van der Waals surface area contributed by atoms with Crippen LogP contribution < -0.4 is 9.47 Å². The summed E-state index contributed by atoms with van der Waals surface area (Å²) in [5.41, 5.74) is 0.715. The highest BCUT2D eigenvalue weighted by molar-refractivity contribution is 6.04. The molecule has 0 aromatic heterocycles. The zero-order chi connectivity index (χ0) is 18.7. The van der Waals surface area contributed by atoms with Crippen LogP contribution in [0.2, 0.25) is 0 Å². The number of fused-ring (bicyclic) bond motifs is 1. The van der Waals surface area contributed by atoms with E-state index in [-0.39, 0.29) is 17.4 Å². The summed E-state index contributed by atoms with van der Waals surface area (Å²) in [5, 5.41) is 15.0. The number of oxime groups is 1. The molecule has 2 aromatic rings. The van der Waals surface area contributed by atoms with Gasteiger partial charge in [-0.15, -0.1) is 0 Å². The van der Waals surface area contributed by atoms with Gasteiger partial charge < -0.3 is 14.3 Å². The van der Waals surface area contributed by atoms with Gasteiger partial charge in [-0.2, -0.15) is 0 Å². The molecule has 1 atom stereocenters. The fraction of sp³-hybridized carbons (Fsp3) is 0.222. The Morgan fingerprint density at radius 1 is 1.31 bits per heavy atom. The highest BCUT2D eigenvalue weighted by atomic mass is 16.7. The first-order chi connectivity index (χ1) is 12.5. The normalized spacial score (nSPS) is 17.2. The van der Waals surface area contributed by atoms with Crippen LogP contribution in [-0.4, -0.2) is 29.8 Å². The molecule has 8 nitrogen and oxygen atoms in total. The lowest BCUT2D eigenvalue weighted by molar-refractivity contribution is -0.385. The van der Waals surface area contributed by atoms with E-state index in [2.05, 4.69) is 5.16 Å². The second-order valence-corrected chi connectivity index (χ2v) is 5.69. The van der Waals surface area contributed by atoms with Crippen LogP contribution in [0.15, 0.2) is 47.6 Å². The van der Waals surface area contributed by atoms with Crippen molar-refractivity contribution in [3.05, 3.63) is 63.7 Å². The van der Waals surface area contributed by atoms with Crippen molar-refractivity contribution >= 4 is 17.4 Å². The van der Waals surface area contributed by atoms with Crippen molar-refractivity contribution in [2.45, 2.75) is 19.4 Å². The monoisotopic (exact) mass is 356 g/mol. The molecule has 0 fully saturated rings. The van der Waals surface area contributed by atoms with Crippen LogP contribution in [0, 0.1) is 10.1 Å². The zero-order valence-electron chi connectivity index (χ0n) is 14.2. The average molecular weight is 356 g/mol. The predicted octanol–water partition coefficient (Wildman–Crippen LogP) is 3.34. The molecular weight excluding hydrogens is 340 g/mol. The first kappa shape index (κ1) is 17.4. The zero-order valence-corrected chi connectivity index (χ0v) is 14.2. The van der Waals surface area contributed by atoms with E-state index in [4.69, 9.17) is 14.3 Å². The largest absolute Gasteiger partial charge is 0.497 e. The second-order valence-electron chi connectivity index (χ2n) is 5.69. The summed E-state index contributed by atoms with van der Waals surface area (Å²) < 4.78 is 10.9. The fourth-order valence-electron chi connectivity index (χ4n) is 2.64. The molecule has 0 N–H and O–H groups in total. The van der Waals surface area contributed by atoms with Crippen molar-refractivity contribution in [3.8, 4) is 11.5 Å². The SMILES string of the molecule is COc1ccc2c(c1)OC(C)CC2=NOC(=O)c1ccccc1[N+](=O)[O-]. The number of benzene rings is 2. The minimum absolute atomic E-state index is 0.156. The molecule has 1 aliphatic heterocycles. The van der Waals surface area contributed by atoms with Gasteiger partial charge in [-0.05, 0) is 25.1 Å². The molecule has 2 aromatic carbocycles. The topological polar surface area (TPSA) is 100 Å². The smallest absolute Gasteiger partial charge is 0.372 e. The van der Waals surface area contributed by atoms with E-state index in [1.807, 2.05) is 6.92 Å². The molecule has 0 saturated heterocycles. The number of hydrogen-bond donors (Lipinski definition) is 0. The predicted molar refractivity (Wildman–Crippen MR) is 92.7 cm³/mol. The van der Waals surface area contributed by atoms with Crippen LogP contribution in [0.1, 0.15) is 29.3 Å². The van der Waals surface area contributed by atoms with Crippen LogP contribution in [0.5, 0.6) is 11.5 Å². The lowest BCUT2D eigenvalue weighted by Gasteiger charge is -2.24. The molecule has 8 heteroatoms. The van der Waals surface area contributed by atoms with E-state index in [1.165, 1.54) is 24.3 Å². The summed E-state index contributed by atoms with van der Waals surface area (Å²) in [6.45, 7) is 1.86. The van der Waals surface area contributed by atoms with Crippen LogP contribution in [0.3, 0.4) is 0 Å². The van der Waals surface area contributed by atoms with Gasteiger partial charge in [-0.1, -0.05) is 17.3 Å². The maximum atomic E-state index is 12.2. The van der Waals surface area contributed by atoms with Gasteiger partial charge in [0.2, 0.25) is 0 Å². The summed E-state index contributed by atoms with van der Waals surface area (Å²) >= 11 is 0. The van der Waals surface area contributed by atoms with Gasteiger partial charge in [-0.3, -0.25) is 10.1 Å². The standard InChI is InChI=1S/C18H16N2O6/c1-11-9-15(13-8-7-12(24-2)10-17(13)25-11)19-26-18(21)14-5-3-4-6-16(14)20(22)23/h3-8,10-11H,9H2,1-2H3. The van der Waals surface area contributed by atoms with E-state index >= 15 is 0 Å². The first-order valence-electron chi connectivity index (χ1n) is 7.86. The minimum Gasteiger partial charge on any atom is -0.497 e. The van der Waals surface area contributed by atoms with Crippen molar-refractivity contribution < 1.29 is 24.0 Å². The molecule has 0 radical (unpaired) electrons. The van der Waals surface area contributed by atoms with Crippen molar-refractivity contribution in [2.24, 2.45) is 5.16 Å². The Morgan fingerprint density at radius 2 is 2.08 bits per heavy atom. The van der Waals surface area contributed by atoms with E-state index in [1.54, 1.807) is 25.3 Å². The number of carbonyl (C=O) groups is 1. The molecule has 0 aliphatic carbocycles. The lowest BCUT2D eigenvalue weighted by Crippen LogP contribution is -2.25. The van der Waals surface area contributed by atoms with Gasteiger partial charge in [0.05, 0.1) is 17.7 Å². The molecule has 1 aliphatic rings. The third-order valence-corrected chi connectivity index (χ3v) is 3.87. The summed E-state index contributed by atoms with van der Waals surface area (Å²) in [7, 11) is 1.55. The van der Waals surface area contributed by atoms with Gasteiger partial charge in [0.25, 0.3) is 5.69 Å². The molecule has 26 heavy (non-hydrogen) atoms. The van der Waals surface area contributed by atoms with Gasteiger partial charge in [-0.25, -0.2) is 4.79 Å². The Bertz CT molecular complexity index is 893. The highest BCUT2D eigenvalue weighted by Crippen LogP contribution is 2.32. The number of ether oxygens (including phenoxy) is 2. The Labute approximate surface area is 149 Å². The summed E-state index contributed by atoms with van der Waals surface area (Å²) in [5.74, 6) is 0.316. The Hall–Kier alpha value is -3.42. The first-order valence-corrected chi connectivity index (χ1v) is 7.86. The third-order valence-electron chi connectivity index (χ3n) is 3.87. The van der Waals surface area contributed by atoms with Crippen LogP contribution in [-0.2, 0) is 4.84 Å². The number of nitro groups is 1. The molecule has 0 amide bonds. The molecular formula is C18H16N2O6. The molecule has 1 heterocycles. The number of rotatable bonds is 4. The van der Waals surface area contributed by atoms with Gasteiger partial charge >= 0.3 is 5.97 Å². The summed E-state index contributed by atoms with van der Waals surface area (Å²) in [4.78, 5) is 27.6. The van der Waals surface area contributed by atoms with E-state index < -0.39 is 10.9 Å². The molecule has 0 spiro atoms. The van der Waals surface area contributed by atoms with Crippen molar-refractivity contribution in [3.63, 3.8) is 0 Å². The quantitative estimate of drug-likeness (QED) is 0.473. The van der Waals surface area contributed by atoms with Crippen molar-refractivity contribution in [1.29, 1.82) is 0 Å². The summed E-state index contributed by atoms with van der Waals surface area (Å²) in [6, 6.07) is 10.8. The van der Waals surface area contributed by atoms with Gasteiger partial charge in [0.1, 0.15) is 23.2 Å². The van der Waals surface area contributed by atoms with E-state index in [0.29, 0.717) is 29.2 Å².